The van der Waals surface area contributed by atoms with Crippen LogP contribution in [-0.4, -0.2) is 35.7 Å². The first-order valence-corrected chi connectivity index (χ1v) is 7.54. The predicted molar refractivity (Wildman–Crippen MR) is 74.3 cm³/mol. The molecule has 0 radical (unpaired) electrons. The number of aliphatic carboxylic acids is 1. The summed E-state index contributed by atoms with van der Waals surface area (Å²) in [6.45, 7) is 0.406. The number of carbonyl (C=O) groups is 2. The summed E-state index contributed by atoms with van der Waals surface area (Å²) in [6.07, 6.45) is 1.21. The first-order valence-electron chi connectivity index (χ1n) is 5.87. The average Bonchev–Trinajstić information content (AvgIpc) is 2.97. The summed E-state index contributed by atoms with van der Waals surface area (Å²) >= 11 is 4.93. The average molecular weight is 348 g/mol. The Morgan fingerprint density at radius 1 is 1.58 bits per heavy atom. The van der Waals surface area contributed by atoms with Crippen molar-refractivity contribution in [2.24, 2.45) is 0 Å². The lowest BCUT2D eigenvalue weighted by molar-refractivity contribution is -0.147. The number of amides is 1. The molecule has 1 unspecified atom stereocenters. The van der Waals surface area contributed by atoms with Crippen molar-refractivity contribution >= 4 is 39.1 Å². The van der Waals surface area contributed by atoms with Gasteiger partial charge in [0.1, 0.15) is 0 Å². The van der Waals surface area contributed by atoms with Crippen LogP contribution in [0.3, 0.4) is 0 Å². The van der Waals surface area contributed by atoms with E-state index in [0.717, 1.165) is 9.35 Å². The van der Waals surface area contributed by atoms with E-state index in [9.17, 15) is 14.7 Å². The Bertz CT molecular complexity index is 482. The maximum atomic E-state index is 11.9. The molecule has 1 atom stereocenters. The number of carboxylic acid groups (broad SMARTS) is 1. The van der Waals surface area contributed by atoms with E-state index in [1.807, 2.05) is 11.4 Å². The summed E-state index contributed by atoms with van der Waals surface area (Å²) in [6, 6.07) is 1.96. The fourth-order valence-electron chi connectivity index (χ4n) is 1.94. The fraction of sp³-hybridized carbons (Fsp3) is 0.500. The molecule has 104 valence electrons. The largest absolute Gasteiger partial charge is 0.479 e. The molecule has 0 spiro atoms. The third-order valence-electron chi connectivity index (χ3n) is 3.03. The maximum Gasteiger partial charge on any atom is 0.331 e. The summed E-state index contributed by atoms with van der Waals surface area (Å²) in [5.41, 5.74) is -1.24. The van der Waals surface area contributed by atoms with Gasteiger partial charge in [0.15, 0.2) is 5.54 Å². The number of carboxylic acids is 1. The van der Waals surface area contributed by atoms with Crippen LogP contribution in [0.2, 0.25) is 0 Å². The molecule has 7 heteroatoms. The van der Waals surface area contributed by atoms with Gasteiger partial charge in [-0.15, -0.1) is 11.3 Å². The molecule has 2 rings (SSSR count). The molecule has 1 aromatic heterocycles. The van der Waals surface area contributed by atoms with Gasteiger partial charge in [0.05, 0.1) is 6.61 Å². The van der Waals surface area contributed by atoms with E-state index in [1.54, 1.807) is 11.3 Å². The third kappa shape index (κ3) is 3.55. The summed E-state index contributed by atoms with van der Waals surface area (Å²) in [4.78, 5) is 24.2. The molecule has 19 heavy (non-hydrogen) atoms. The molecule has 1 fully saturated rings. The van der Waals surface area contributed by atoms with Crippen molar-refractivity contribution in [3.8, 4) is 0 Å². The zero-order chi connectivity index (χ0) is 13.9. The Kier molecular flexibility index (Phi) is 4.59. The highest BCUT2D eigenvalue weighted by molar-refractivity contribution is 9.10. The number of aryl methyl sites for hydroxylation is 1. The van der Waals surface area contributed by atoms with E-state index in [4.69, 9.17) is 4.74 Å². The minimum atomic E-state index is -1.24. The van der Waals surface area contributed by atoms with Crippen molar-refractivity contribution in [3.05, 3.63) is 20.8 Å². The van der Waals surface area contributed by atoms with Gasteiger partial charge in [0, 0.05) is 34.2 Å². The summed E-state index contributed by atoms with van der Waals surface area (Å²) < 4.78 is 6.09. The van der Waals surface area contributed by atoms with Crippen LogP contribution in [0.1, 0.15) is 17.7 Å². The molecule has 0 bridgehead atoms. The van der Waals surface area contributed by atoms with Gasteiger partial charge in [-0.05, 0) is 28.4 Å². The predicted octanol–water partition coefficient (Wildman–Crippen LogP) is 1.80. The first kappa shape index (κ1) is 14.5. The summed E-state index contributed by atoms with van der Waals surface area (Å²) in [5.74, 6) is -1.28. The number of nitrogens with one attached hydrogen (secondary N) is 1. The van der Waals surface area contributed by atoms with Gasteiger partial charge in [-0.2, -0.15) is 0 Å². The van der Waals surface area contributed by atoms with Crippen molar-refractivity contribution in [3.63, 3.8) is 0 Å². The normalized spacial score (nSPS) is 22.4. The highest BCUT2D eigenvalue weighted by Gasteiger charge is 2.43. The second-order valence-electron chi connectivity index (χ2n) is 4.47. The number of carbonyl (C=O) groups excluding carboxylic acids is 1. The number of halogens is 1. The molecular formula is C12H14BrNO4S. The molecule has 2 N–H and O–H groups in total. The number of hydrogen-bond donors (Lipinski definition) is 2. The number of rotatable bonds is 5. The standard InChI is InChI=1S/C12H14BrNO4S/c13-8-5-9(19-6-8)1-2-10(15)14-12(11(16)17)3-4-18-7-12/h5-6H,1-4,7H2,(H,14,15)(H,16,17). The van der Waals surface area contributed by atoms with Gasteiger partial charge < -0.3 is 15.2 Å². The highest BCUT2D eigenvalue weighted by atomic mass is 79.9. The van der Waals surface area contributed by atoms with Crippen molar-refractivity contribution in [2.45, 2.75) is 24.8 Å². The Labute approximate surface area is 123 Å². The van der Waals surface area contributed by atoms with Gasteiger partial charge in [-0.25, -0.2) is 4.79 Å². The van der Waals surface area contributed by atoms with Crippen molar-refractivity contribution < 1.29 is 19.4 Å². The lowest BCUT2D eigenvalue weighted by Gasteiger charge is -2.23. The van der Waals surface area contributed by atoms with Crippen molar-refractivity contribution in [1.29, 1.82) is 0 Å². The SMILES string of the molecule is O=C(CCc1cc(Br)cs1)NC1(C(=O)O)CCOC1. The second-order valence-corrected chi connectivity index (χ2v) is 6.38. The van der Waals surface area contributed by atoms with Gasteiger partial charge >= 0.3 is 5.97 Å². The van der Waals surface area contributed by atoms with E-state index >= 15 is 0 Å². The Balaban J connectivity index is 1.88. The number of thiophene rings is 1. The highest BCUT2D eigenvalue weighted by Crippen LogP contribution is 2.22. The number of hydrogen-bond acceptors (Lipinski definition) is 4. The zero-order valence-electron chi connectivity index (χ0n) is 10.1. The van der Waals surface area contributed by atoms with E-state index < -0.39 is 11.5 Å². The molecular weight excluding hydrogens is 334 g/mol. The Morgan fingerprint density at radius 3 is 2.89 bits per heavy atom. The van der Waals surface area contributed by atoms with Gasteiger partial charge in [0.2, 0.25) is 5.91 Å². The van der Waals surface area contributed by atoms with E-state index in [1.165, 1.54) is 0 Å². The zero-order valence-corrected chi connectivity index (χ0v) is 12.6. The molecule has 1 aliphatic heterocycles. The quantitative estimate of drug-likeness (QED) is 0.851. The minimum Gasteiger partial charge on any atom is -0.479 e. The van der Waals surface area contributed by atoms with Crippen LogP contribution in [0.25, 0.3) is 0 Å². The van der Waals surface area contributed by atoms with Crippen LogP contribution in [0.5, 0.6) is 0 Å². The molecule has 0 aliphatic carbocycles. The number of ether oxygens (including phenoxy) is 1. The minimum absolute atomic E-state index is 0.0403. The molecule has 0 aromatic carbocycles. The van der Waals surface area contributed by atoms with E-state index in [2.05, 4.69) is 21.2 Å². The van der Waals surface area contributed by atoms with Gasteiger partial charge in [-0.1, -0.05) is 0 Å². The molecule has 1 aromatic rings. The van der Waals surface area contributed by atoms with Crippen LogP contribution >= 0.6 is 27.3 Å². The summed E-state index contributed by atoms with van der Waals surface area (Å²) in [7, 11) is 0. The Hall–Kier alpha value is -0.920. The monoisotopic (exact) mass is 347 g/mol. The van der Waals surface area contributed by atoms with Crippen LogP contribution in [0.4, 0.5) is 0 Å². The third-order valence-corrected chi connectivity index (χ3v) is 4.79. The molecule has 2 heterocycles. The van der Waals surface area contributed by atoms with Crippen molar-refractivity contribution in [2.75, 3.05) is 13.2 Å². The van der Waals surface area contributed by atoms with E-state index in [0.29, 0.717) is 19.4 Å². The topological polar surface area (TPSA) is 75.6 Å². The molecule has 1 saturated heterocycles. The van der Waals surface area contributed by atoms with Crippen LogP contribution in [-0.2, 0) is 20.7 Å². The smallest absolute Gasteiger partial charge is 0.331 e. The molecule has 1 aliphatic rings. The molecule has 5 nitrogen and oxygen atoms in total. The van der Waals surface area contributed by atoms with Gasteiger partial charge in [-0.3, -0.25) is 4.79 Å². The Morgan fingerprint density at radius 2 is 2.37 bits per heavy atom. The fourth-order valence-corrected chi connectivity index (χ4v) is 3.39. The van der Waals surface area contributed by atoms with Gasteiger partial charge in [0.25, 0.3) is 0 Å². The van der Waals surface area contributed by atoms with Crippen LogP contribution < -0.4 is 5.32 Å². The molecule has 1 amide bonds. The second kappa shape index (κ2) is 6.02. The lowest BCUT2D eigenvalue weighted by atomic mass is 9.98. The van der Waals surface area contributed by atoms with Crippen LogP contribution in [0, 0.1) is 0 Å². The van der Waals surface area contributed by atoms with Crippen molar-refractivity contribution in [1.82, 2.24) is 5.32 Å². The van der Waals surface area contributed by atoms with Crippen LogP contribution in [0.15, 0.2) is 15.9 Å². The lowest BCUT2D eigenvalue weighted by Crippen LogP contribution is -2.55. The van der Waals surface area contributed by atoms with E-state index in [-0.39, 0.29) is 18.9 Å². The first-order chi connectivity index (χ1) is 9.02. The summed E-state index contributed by atoms with van der Waals surface area (Å²) in [5, 5.41) is 13.8. The molecule has 0 saturated carbocycles. The maximum absolute atomic E-state index is 11.9.